The van der Waals surface area contributed by atoms with Crippen LogP contribution in [0.5, 0.6) is 0 Å². The fourth-order valence-corrected chi connectivity index (χ4v) is 3.19. The molecule has 1 saturated heterocycles. The number of carbonyl (C=O) groups excluding carboxylic acids is 2. The lowest BCUT2D eigenvalue weighted by molar-refractivity contribution is -0.126. The lowest BCUT2D eigenvalue weighted by atomic mass is 9.97. The van der Waals surface area contributed by atoms with E-state index in [1.807, 2.05) is 0 Å². The van der Waals surface area contributed by atoms with Crippen LogP contribution in [0.15, 0.2) is 0 Å². The maximum atomic E-state index is 11.9. The molecule has 0 aliphatic carbocycles. The molecule has 1 aliphatic rings. The second-order valence-electron chi connectivity index (χ2n) is 5.42. The summed E-state index contributed by atoms with van der Waals surface area (Å²) in [6.45, 7) is 3.52. The molecule has 1 fully saturated rings. The summed E-state index contributed by atoms with van der Waals surface area (Å²) < 4.78 is 24.2. The van der Waals surface area contributed by atoms with Gasteiger partial charge in [0.05, 0.1) is 6.26 Å². The second-order valence-corrected chi connectivity index (χ2v) is 7.40. The third-order valence-corrected chi connectivity index (χ3v) is 4.87. The highest BCUT2D eigenvalue weighted by Gasteiger charge is 2.28. The number of unbranched alkanes of at least 4 members (excludes halogenated alkanes) is 1. The van der Waals surface area contributed by atoms with Crippen LogP contribution in [0.3, 0.4) is 0 Å². The molecule has 0 unspecified atom stereocenters. The average molecular weight is 319 g/mol. The summed E-state index contributed by atoms with van der Waals surface area (Å²) in [5, 5.41) is 5.58. The molecule has 2 N–H and O–H groups in total. The summed E-state index contributed by atoms with van der Waals surface area (Å²) in [6.07, 6.45) is 3.98. The Labute approximate surface area is 126 Å². The van der Waals surface area contributed by atoms with Gasteiger partial charge in [-0.05, 0) is 25.7 Å². The van der Waals surface area contributed by atoms with Crippen LogP contribution in [-0.4, -0.2) is 57.0 Å². The van der Waals surface area contributed by atoms with Crippen molar-refractivity contribution in [1.82, 2.24) is 14.9 Å². The van der Waals surface area contributed by atoms with Crippen LogP contribution in [0.2, 0.25) is 0 Å². The lowest BCUT2D eigenvalue weighted by Gasteiger charge is -2.29. The van der Waals surface area contributed by atoms with E-state index in [9.17, 15) is 18.0 Å². The van der Waals surface area contributed by atoms with Gasteiger partial charge in [-0.3, -0.25) is 9.59 Å². The molecule has 1 aliphatic heterocycles. The molecule has 0 aromatic carbocycles. The van der Waals surface area contributed by atoms with Crippen LogP contribution in [0.4, 0.5) is 0 Å². The molecule has 1 heterocycles. The van der Waals surface area contributed by atoms with Crippen molar-refractivity contribution in [3.63, 3.8) is 0 Å². The highest BCUT2D eigenvalue weighted by molar-refractivity contribution is 7.88. The topological polar surface area (TPSA) is 95.6 Å². The Balaban J connectivity index is 2.15. The first kappa shape index (κ1) is 17.9. The summed E-state index contributed by atoms with van der Waals surface area (Å²) in [5.41, 5.74) is 0. The van der Waals surface area contributed by atoms with E-state index >= 15 is 0 Å². The van der Waals surface area contributed by atoms with E-state index in [0.29, 0.717) is 39.0 Å². The van der Waals surface area contributed by atoms with Gasteiger partial charge in [0, 0.05) is 39.0 Å². The molecule has 0 bridgehead atoms. The molecular weight excluding hydrogens is 294 g/mol. The fraction of sp³-hybridized carbons (Fsp3) is 0.846. The van der Waals surface area contributed by atoms with Gasteiger partial charge in [-0.2, -0.15) is 0 Å². The maximum Gasteiger partial charge on any atom is 0.223 e. The summed E-state index contributed by atoms with van der Waals surface area (Å²) >= 11 is 0. The van der Waals surface area contributed by atoms with Crippen molar-refractivity contribution in [3.8, 4) is 0 Å². The minimum absolute atomic E-state index is 0.00248. The van der Waals surface area contributed by atoms with Gasteiger partial charge in [0.2, 0.25) is 21.8 Å². The molecule has 0 atom stereocenters. The minimum atomic E-state index is -3.14. The van der Waals surface area contributed by atoms with Gasteiger partial charge in [-0.1, -0.05) is 0 Å². The van der Waals surface area contributed by atoms with E-state index in [1.54, 1.807) is 0 Å². The number of sulfonamides is 1. The van der Waals surface area contributed by atoms with Gasteiger partial charge < -0.3 is 10.6 Å². The van der Waals surface area contributed by atoms with E-state index in [4.69, 9.17) is 0 Å². The number of hydrogen-bond donors (Lipinski definition) is 2. The Hall–Kier alpha value is -1.15. The van der Waals surface area contributed by atoms with Gasteiger partial charge in [0.15, 0.2) is 0 Å². The first-order chi connectivity index (χ1) is 9.80. The smallest absolute Gasteiger partial charge is 0.223 e. The number of piperidine rings is 1. The van der Waals surface area contributed by atoms with Crippen LogP contribution in [0.25, 0.3) is 0 Å². The Bertz CT molecular complexity index is 456. The summed E-state index contributed by atoms with van der Waals surface area (Å²) in [4.78, 5) is 22.6. The molecule has 0 aromatic rings. The first-order valence-corrected chi connectivity index (χ1v) is 9.13. The first-order valence-electron chi connectivity index (χ1n) is 7.28. The van der Waals surface area contributed by atoms with Gasteiger partial charge >= 0.3 is 0 Å². The van der Waals surface area contributed by atoms with Crippen molar-refractivity contribution in [2.75, 3.05) is 32.4 Å². The van der Waals surface area contributed by atoms with Gasteiger partial charge in [-0.25, -0.2) is 12.7 Å². The van der Waals surface area contributed by atoms with Crippen molar-refractivity contribution in [3.05, 3.63) is 0 Å². The fourth-order valence-electron chi connectivity index (χ4n) is 2.32. The van der Waals surface area contributed by atoms with Crippen LogP contribution in [-0.2, 0) is 19.6 Å². The van der Waals surface area contributed by atoms with Crippen LogP contribution < -0.4 is 10.6 Å². The number of nitrogens with zero attached hydrogens (tertiary/aromatic N) is 1. The lowest BCUT2D eigenvalue weighted by Crippen LogP contribution is -2.42. The predicted octanol–water partition coefficient (Wildman–Crippen LogP) is -0.309. The minimum Gasteiger partial charge on any atom is -0.356 e. The molecule has 0 radical (unpaired) electrons. The van der Waals surface area contributed by atoms with E-state index < -0.39 is 10.0 Å². The zero-order valence-corrected chi connectivity index (χ0v) is 13.5. The Kier molecular flexibility index (Phi) is 7.10. The molecule has 0 aromatic heterocycles. The molecule has 1 rings (SSSR count). The monoisotopic (exact) mass is 319 g/mol. The molecule has 2 amide bonds. The van der Waals surface area contributed by atoms with E-state index in [0.717, 1.165) is 12.8 Å². The van der Waals surface area contributed by atoms with Crippen molar-refractivity contribution in [1.29, 1.82) is 0 Å². The average Bonchev–Trinajstić information content (AvgIpc) is 2.41. The van der Waals surface area contributed by atoms with E-state index in [-0.39, 0.29) is 17.7 Å². The van der Waals surface area contributed by atoms with Gasteiger partial charge in [0.1, 0.15) is 0 Å². The van der Waals surface area contributed by atoms with Crippen molar-refractivity contribution in [2.24, 2.45) is 5.92 Å². The zero-order chi connectivity index (χ0) is 15.9. The van der Waals surface area contributed by atoms with Gasteiger partial charge in [-0.15, -0.1) is 0 Å². The van der Waals surface area contributed by atoms with Crippen LogP contribution >= 0.6 is 0 Å². The Morgan fingerprint density at radius 2 is 1.62 bits per heavy atom. The third-order valence-electron chi connectivity index (χ3n) is 3.57. The standard InChI is InChI=1S/C13H25N3O4S/c1-11(17)14-7-3-4-8-15-13(18)12-5-9-16(10-6-12)21(2,19)20/h12H,3-10H2,1-2H3,(H,14,17)(H,15,18). The van der Waals surface area contributed by atoms with E-state index in [1.165, 1.54) is 17.5 Å². The quantitative estimate of drug-likeness (QED) is 0.629. The second kappa shape index (κ2) is 8.33. The third kappa shape index (κ3) is 6.90. The zero-order valence-electron chi connectivity index (χ0n) is 12.7. The normalized spacial score (nSPS) is 17.4. The van der Waals surface area contributed by atoms with Crippen molar-refractivity contribution in [2.45, 2.75) is 32.6 Å². The maximum absolute atomic E-state index is 11.9. The molecule has 7 nitrogen and oxygen atoms in total. The number of nitrogens with one attached hydrogen (secondary N) is 2. The van der Waals surface area contributed by atoms with E-state index in [2.05, 4.69) is 10.6 Å². The summed E-state index contributed by atoms with van der Waals surface area (Å²) in [5.74, 6) is -0.141. The summed E-state index contributed by atoms with van der Waals surface area (Å²) in [7, 11) is -3.14. The largest absolute Gasteiger partial charge is 0.356 e. The predicted molar refractivity (Wildman–Crippen MR) is 80.1 cm³/mol. The van der Waals surface area contributed by atoms with Crippen molar-refractivity contribution < 1.29 is 18.0 Å². The Morgan fingerprint density at radius 3 is 2.10 bits per heavy atom. The molecule has 0 saturated carbocycles. The SMILES string of the molecule is CC(=O)NCCCCNC(=O)C1CCN(S(C)(=O)=O)CC1. The number of carbonyl (C=O) groups is 2. The highest BCUT2D eigenvalue weighted by atomic mass is 32.2. The molecule has 21 heavy (non-hydrogen) atoms. The number of hydrogen-bond acceptors (Lipinski definition) is 4. The van der Waals surface area contributed by atoms with Crippen LogP contribution in [0.1, 0.15) is 32.6 Å². The summed E-state index contributed by atoms with van der Waals surface area (Å²) in [6, 6.07) is 0. The molecular formula is C13H25N3O4S. The highest BCUT2D eigenvalue weighted by Crippen LogP contribution is 2.19. The Morgan fingerprint density at radius 1 is 1.10 bits per heavy atom. The molecule has 0 spiro atoms. The van der Waals surface area contributed by atoms with Crippen LogP contribution in [0, 0.1) is 5.92 Å². The molecule has 8 heteroatoms. The van der Waals surface area contributed by atoms with Gasteiger partial charge in [0.25, 0.3) is 0 Å². The molecule has 122 valence electrons. The number of rotatable bonds is 7. The van der Waals surface area contributed by atoms with Crippen molar-refractivity contribution >= 4 is 21.8 Å². The number of amides is 2.